The van der Waals surface area contributed by atoms with Crippen molar-refractivity contribution in [2.45, 2.75) is 18.9 Å². The Kier molecular flexibility index (Phi) is 3.49. The van der Waals surface area contributed by atoms with Crippen molar-refractivity contribution in [3.8, 4) is 5.75 Å². The van der Waals surface area contributed by atoms with E-state index < -0.39 is 5.54 Å². The summed E-state index contributed by atoms with van der Waals surface area (Å²) in [5.74, 6) is 0.817. The lowest BCUT2D eigenvalue weighted by atomic mass is 9.94. The molecule has 3 N–H and O–H groups in total. The maximum atomic E-state index is 9.05. The first-order chi connectivity index (χ1) is 6.59. The highest BCUT2D eigenvalue weighted by atomic mass is 16.5. The second kappa shape index (κ2) is 4.44. The maximum Gasteiger partial charge on any atom is 0.122 e. The van der Waals surface area contributed by atoms with Crippen LogP contribution in [0.15, 0.2) is 24.3 Å². The lowest BCUT2D eigenvalue weighted by Gasteiger charge is -2.22. The van der Waals surface area contributed by atoms with Gasteiger partial charge in [0.2, 0.25) is 0 Å². The maximum absolute atomic E-state index is 9.05. The lowest BCUT2D eigenvalue weighted by molar-refractivity contribution is 0.207. The van der Waals surface area contributed by atoms with Gasteiger partial charge in [0.05, 0.1) is 13.7 Å². The molecule has 0 heterocycles. The topological polar surface area (TPSA) is 55.5 Å². The lowest BCUT2D eigenvalue weighted by Crippen LogP contribution is -2.42. The Morgan fingerprint density at radius 3 is 2.64 bits per heavy atom. The standard InChI is InChI=1S/C11H17NO2/c1-11(12,8-13)7-9-5-3-4-6-10(9)14-2/h3-6,13H,7-8,12H2,1-2H3/t11-/m1/s1. The number of para-hydroxylation sites is 1. The van der Waals surface area contributed by atoms with E-state index in [2.05, 4.69) is 0 Å². The fraction of sp³-hybridized carbons (Fsp3) is 0.455. The zero-order valence-corrected chi connectivity index (χ0v) is 8.66. The highest BCUT2D eigenvalue weighted by molar-refractivity contribution is 5.34. The van der Waals surface area contributed by atoms with Crippen LogP contribution in [0.2, 0.25) is 0 Å². The Hall–Kier alpha value is -1.06. The molecule has 0 amide bonds. The fourth-order valence-corrected chi connectivity index (χ4v) is 1.34. The molecule has 0 radical (unpaired) electrons. The number of hydrogen-bond acceptors (Lipinski definition) is 3. The van der Waals surface area contributed by atoms with E-state index in [-0.39, 0.29) is 6.61 Å². The van der Waals surface area contributed by atoms with Gasteiger partial charge in [-0.1, -0.05) is 18.2 Å². The zero-order valence-electron chi connectivity index (χ0n) is 8.66. The van der Waals surface area contributed by atoms with Crippen molar-refractivity contribution in [3.63, 3.8) is 0 Å². The van der Waals surface area contributed by atoms with Crippen LogP contribution in [0.5, 0.6) is 5.75 Å². The largest absolute Gasteiger partial charge is 0.496 e. The van der Waals surface area contributed by atoms with Gasteiger partial charge in [0.1, 0.15) is 5.75 Å². The molecule has 0 aliphatic heterocycles. The number of benzene rings is 1. The molecule has 78 valence electrons. The van der Waals surface area contributed by atoms with Gasteiger partial charge in [-0.3, -0.25) is 0 Å². The molecule has 1 atom stereocenters. The van der Waals surface area contributed by atoms with Crippen LogP contribution in [0.3, 0.4) is 0 Å². The number of hydrogen-bond donors (Lipinski definition) is 2. The third-order valence-electron chi connectivity index (χ3n) is 2.15. The molecule has 0 saturated carbocycles. The Morgan fingerprint density at radius 1 is 1.43 bits per heavy atom. The van der Waals surface area contributed by atoms with Crippen molar-refractivity contribution < 1.29 is 9.84 Å². The van der Waals surface area contributed by atoms with Crippen LogP contribution in [-0.2, 0) is 6.42 Å². The van der Waals surface area contributed by atoms with E-state index in [0.717, 1.165) is 11.3 Å². The van der Waals surface area contributed by atoms with E-state index in [4.69, 9.17) is 15.6 Å². The van der Waals surface area contributed by atoms with E-state index in [1.807, 2.05) is 31.2 Å². The third kappa shape index (κ3) is 2.72. The highest BCUT2D eigenvalue weighted by Gasteiger charge is 2.19. The number of ether oxygens (including phenoxy) is 1. The molecule has 0 aliphatic carbocycles. The smallest absolute Gasteiger partial charge is 0.122 e. The predicted octanol–water partition coefficient (Wildman–Crippen LogP) is 0.947. The average Bonchev–Trinajstić information content (AvgIpc) is 2.18. The van der Waals surface area contributed by atoms with Crippen LogP contribution in [0, 0.1) is 0 Å². The van der Waals surface area contributed by atoms with Crippen molar-refractivity contribution in [1.29, 1.82) is 0 Å². The molecule has 0 bridgehead atoms. The summed E-state index contributed by atoms with van der Waals surface area (Å²) in [5, 5.41) is 9.05. The van der Waals surface area contributed by atoms with E-state index in [1.54, 1.807) is 7.11 Å². The van der Waals surface area contributed by atoms with E-state index in [9.17, 15) is 0 Å². The minimum Gasteiger partial charge on any atom is -0.496 e. The Bertz CT molecular complexity index is 297. The summed E-state index contributed by atoms with van der Waals surface area (Å²) in [6, 6.07) is 7.70. The van der Waals surface area contributed by atoms with Crippen LogP contribution in [-0.4, -0.2) is 24.4 Å². The summed E-state index contributed by atoms with van der Waals surface area (Å²) in [6.45, 7) is 1.78. The molecular weight excluding hydrogens is 178 g/mol. The molecular formula is C11H17NO2. The molecule has 0 fully saturated rings. The van der Waals surface area contributed by atoms with Gasteiger partial charge in [-0.25, -0.2) is 0 Å². The van der Waals surface area contributed by atoms with Crippen molar-refractivity contribution >= 4 is 0 Å². The number of nitrogens with two attached hydrogens (primary N) is 1. The van der Waals surface area contributed by atoms with E-state index >= 15 is 0 Å². The molecule has 0 unspecified atom stereocenters. The van der Waals surface area contributed by atoms with Crippen LogP contribution in [0.4, 0.5) is 0 Å². The Morgan fingerprint density at radius 2 is 2.07 bits per heavy atom. The Balaban J connectivity index is 2.85. The Labute approximate surface area is 84.5 Å². The van der Waals surface area contributed by atoms with Gasteiger partial charge in [0.25, 0.3) is 0 Å². The summed E-state index contributed by atoms with van der Waals surface area (Å²) in [7, 11) is 1.63. The molecule has 0 aromatic heterocycles. The van der Waals surface area contributed by atoms with Crippen LogP contribution in [0.1, 0.15) is 12.5 Å². The van der Waals surface area contributed by atoms with Crippen molar-refractivity contribution in [2.75, 3.05) is 13.7 Å². The quantitative estimate of drug-likeness (QED) is 0.752. The average molecular weight is 195 g/mol. The molecule has 0 aliphatic rings. The minimum absolute atomic E-state index is 0.0367. The second-order valence-electron chi connectivity index (χ2n) is 3.80. The summed E-state index contributed by atoms with van der Waals surface area (Å²) in [6.07, 6.45) is 0.605. The van der Waals surface area contributed by atoms with Gasteiger partial charge in [0.15, 0.2) is 0 Å². The second-order valence-corrected chi connectivity index (χ2v) is 3.80. The van der Waals surface area contributed by atoms with Crippen molar-refractivity contribution in [2.24, 2.45) is 5.73 Å². The first kappa shape index (κ1) is 11.0. The predicted molar refractivity (Wildman–Crippen MR) is 56.4 cm³/mol. The van der Waals surface area contributed by atoms with Crippen LogP contribution in [0.25, 0.3) is 0 Å². The first-order valence-electron chi connectivity index (χ1n) is 4.61. The van der Waals surface area contributed by atoms with Crippen molar-refractivity contribution in [3.05, 3.63) is 29.8 Å². The molecule has 3 nitrogen and oxygen atoms in total. The molecule has 1 rings (SSSR count). The third-order valence-corrected chi connectivity index (χ3v) is 2.15. The fourth-order valence-electron chi connectivity index (χ4n) is 1.34. The molecule has 3 heteroatoms. The van der Waals surface area contributed by atoms with Gasteiger partial charge >= 0.3 is 0 Å². The SMILES string of the molecule is COc1ccccc1C[C@@](C)(N)CO. The summed E-state index contributed by atoms with van der Waals surface area (Å²) < 4.78 is 5.20. The van der Waals surface area contributed by atoms with Gasteiger partial charge in [-0.15, -0.1) is 0 Å². The molecule has 0 saturated heterocycles. The van der Waals surface area contributed by atoms with E-state index in [1.165, 1.54) is 0 Å². The zero-order chi connectivity index (χ0) is 10.6. The van der Waals surface area contributed by atoms with Gasteiger partial charge in [-0.05, 0) is 25.0 Å². The molecule has 1 aromatic carbocycles. The summed E-state index contributed by atoms with van der Waals surface area (Å²) >= 11 is 0. The number of rotatable bonds is 4. The first-order valence-corrected chi connectivity index (χ1v) is 4.61. The number of aliphatic hydroxyl groups is 1. The van der Waals surface area contributed by atoms with Gasteiger partial charge < -0.3 is 15.6 Å². The summed E-state index contributed by atoms with van der Waals surface area (Å²) in [5.41, 5.74) is 6.30. The van der Waals surface area contributed by atoms with Gasteiger partial charge in [-0.2, -0.15) is 0 Å². The van der Waals surface area contributed by atoms with Gasteiger partial charge in [0, 0.05) is 5.54 Å². The number of aliphatic hydroxyl groups excluding tert-OH is 1. The minimum atomic E-state index is -0.589. The number of methoxy groups -OCH3 is 1. The van der Waals surface area contributed by atoms with Crippen LogP contribution < -0.4 is 10.5 Å². The molecule has 14 heavy (non-hydrogen) atoms. The monoisotopic (exact) mass is 195 g/mol. The molecule has 0 spiro atoms. The molecule has 1 aromatic rings. The van der Waals surface area contributed by atoms with E-state index in [0.29, 0.717) is 6.42 Å². The summed E-state index contributed by atoms with van der Waals surface area (Å²) in [4.78, 5) is 0. The van der Waals surface area contributed by atoms with Crippen molar-refractivity contribution in [1.82, 2.24) is 0 Å². The van der Waals surface area contributed by atoms with Crippen LogP contribution >= 0.6 is 0 Å². The highest BCUT2D eigenvalue weighted by Crippen LogP contribution is 2.21. The normalized spacial score (nSPS) is 14.9.